The highest BCUT2D eigenvalue weighted by Crippen LogP contribution is 2.23. The van der Waals surface area contributed by atoms with Gasteiger partial charge in [-0.3, -0.25) is 10.1 Å². The van der Waals surface area contributed by atoms with Crippen LogP contribution in [-0.4, -0.2) is 27.1 Å². The van der Waals surface area contributed by atoms with Crippen molar-refractivity contribution in [1.29, 1.82) is 0 Å². The van der Waals surface area contributed by atoms with Gasteiger partial charge in [-0.05, 0) is 0 Å². The highest BCUT2D eigenvalue weighted by Gasteiger charge is 2.14. The fourth-order valence-electron chi connectivity index (χ4n) is 0.944. The molecule has 7 nitrogen and oxygen atoms in total. The number of amides is 1. The van der Waals surface area contributed by atoms with E-state index >= 15 is 0 Å². The van der Waals surface area contributed by atoms with Gasteiger partial charge in [0.05, 0.1) is 0 Å². The Kier molecular flexibility index (Phi) is 2.64. The van der Waals surface area contributed by atoms with E-state index in [1.807, 2.05) is 0 Å². The number of nitrogens with zero attached hydrogens (tertiary/aromatic N) is 2. The average molecular weight is 239 g/mol. The summed E-state index contributed by atoms with van der Waals surface area (Å²) in [6.07, 6.45) is 1.39. The van der Waals surface area contributed by atoms with Crippen LogP contribution in [-0.2, 0) is 9.59 Å². The highest BCUT2D eigenvalue weighted by atomic mass is 32.1. The molecule has 16 heavy (non-hydrogen) atoms. The molecule has 0 bridgehead atoms. The molecule has 0 aromatic carbocycles. The molecule has 0 aliphatic carbocycles. The first-order chi connectivity index (χ1) is 7.66. The normalized spacial score (nSPS) is 10.0. The maximum atomic E-state index is 10.8. The molecule has 0 fully saturated rings. The minimum absolute atomic E-state index is 0.199. The van der Waals surface area contributed by atoms with Crippen molar-refractivity contribution < 1.29 is 19.2 Å². The second-order valence-electron chi connectivity index (χ2n) is 2.68. The van der Waals surface area contributed by atoms with Crippen molar-refractivity contribution in [3.8, 4) is 11.4 Å². The molecular weight excluding hydrogens is 234 g/mol. The lowest BCUT2D eigenvalue weighted by molar-refractivity contribution is -0.147. The predicted molar refractivity (Wildman–Crippen MR) is 53.9 cm³/mol. The van der Waals surface area contributed by atoms with Gasteiger partial charge in [-0.15, -0.1) is 11.3 Å². The second-order valence-corrected chi connectivity index (χ2v) is 3.54. The zero-order valence-electron chi connectivity index (χ0n) is 7.71. The summed E-state index contributed by atoms with van der Waals surface area (Å²) < 4.78 is 4.63. The predicted octanol–water partition coefficient (Wildman–Crippen LogP) is 0.821. The van der Waals surface area contributed by atoms with Gasteiger partial charge < -0.3 is 9.63 Å². The number of rotatable bonds is 2. The minimum atomic E-state index is -1.56. The molecular formula is C8H5N3O4S. The van der Waals surface area contributed by atoms with Gasteiger partial charge in [-0.1, -0.05) is 5.16 Å². The van der Waals surface area contributed by atoms with E-state index in [1.54, 1.807) is 11.4 Å². The molecule has 8 heteroatoms. The molecule has 0 aliphatic rings. The van der Waals surface area contributed by atoms with E-state index in [2.05, 4.69) is 20.0 Å². The van der Waals surface area contributed by atoms with Crippen LogP contribution in [0.15, 0.2) is 22.2 Å². The SMILES string of the molecule is O=C(O)C(=O)Nc1nc(-c2ccon2)cs1. The van der Waals surface area contributed by atoms with E-state index < -0.39 is 11.9 Å². The van der Waals surface area contributed by atoms with Crippen molar-refractivity contribution in [2.75, 3.05) is 5.32 Å². The fraction of sp³-hybridized carbons (Fsp3) is 0. The van der Waals surface area contributed by atoms with Crippen molar-refractivity contribution >= 4 is 28.3 Å². The lowest BCUT2D eigenvalue weighted by atomic mass is 10.3. The van der Waals surface area contributed by atoms with Crippen molar-refractivity contribution in [1.82, 2.24) is 10.1 Å². The van der Waals surface area contributed by atoms with Crippen LogP contribution < -0.4 is 5.32 Å². The van der Waals surface area contributed by atoms with Gasteiger partial charge in [0, 0.05) is 11.4 Å². The Morgan fingerprint density at radius 2 is 2.25 bits per heavy atom. The number of carboxylic acids is 1. The molecule has 0 radical (unpaired) electrons. The van der Waals surface area contributed by atoms with E-state index in [1.165, 1.54) is 6.26 Å². The Hall–Kier alpha value is -2.22. The van der Waals surface area contributed by atoms with Crippen LogP contribution in [0, 0.1) is 0 Å². The molecule has 0 aliphatic heterocycles. The lowest BCUT2D eigenvalue weighted by Crippen LogP contribution is -2.21. The van der Waals surface area contributed by atoms with Crippen LogP contribution in [0.5, 0.6) is 0 Å². The topological polar surface area (TPSA) is 105 Å². The van der Waals surface area contributed by atoms with Gasteiger partial charge in [0.25, 0.3) is 0 Å². The summed E-state index contributed by atoms with van der Waals surface area (Å²) in [6, 6.07) is 1.61. The maximum Gasteiger partial charge on any atom is 0.394 e. The molecule has 0 saturated carbocycles. The molecule has 0 spiro atoms. The van der Waals surface area contributed by atoms with Crippen LogP contribution in [0.3, 0.4) is 0 Å². The van der Waals surface area contributed by atoms with Crippen LogP contribution in [0.2, 0.25) is 0 Å². The van der Waals surface area contributed by atoms with E-state index in [9.17, 15) is 9.59 Å². The highest BCUT2D eigenvalue weighted by molar-refractivity contribution is 7.14. The van der Waals surface area contributed by atoms with Crippen molar-refractivity contribution in [3.63, 3.8) is 0 Å². The largest absolute Gasteiger partial charge is 0.474 e. The molecule has 2 aromatic heterocycles. The third kappa shape index (κ3) is 2.06. The average Bonchev–Trinajstić information content (AvgIpc) is 2.85. The quantitative estimate of drug-likeness (QED) is 0.751. The molecule has 0 unspecified atom stereocenters. The second kappa shape index (κ2) is 4.11. The van der Waals surface area contributed by atoms with E-state index in [-0.39, 0.29) is 5.13 Å². The van der Waals surface area contributed by atoms with Gasteiger partial charge in [0.2, 0.25) is 0 Å². The van der Waals surface area contributed by atoms with Gasteiger partial charge in [-0.25, -0.2) is 9.78 Å². The van der Waals surface area contributed by atoms with Gasteiger partial charge in [0.1, 0.15) is 17.7 Å². The molecule has 2 aromatic rings. The summed E-state index contributed by atoms with van der Waals surface area (Å²) in [5.74, 6) is -2.68. The molecule has 2 heterocycles. The third-order valence-corrected chi connectivity index (χ3v) is 2.38. The molecule has 2 N–H and O–H groups in total. The van der Waals surface area contributed by atoms with Crippen molar-refractivity contribution in [2.24, 2.45) is 0 Å². The van der Waals surface area contributed by atoms with Crippen LogP contribution in [0.25, 0.3) is 11.4 Å². The minimum Gasteiger partial charge on any atom is -0.474 e. The smallest absolute Gasteiger partial charge is 0.394 e. The van der Waals surface area contributed by atoms with Crippen LogP contribution in [0.4, 0.5) is 5.13 Å². The first-order valence-electron chi connectivity index (χ1n) is 4.07. The first-order valence-corrected chi connectivity index (χ1v) is 4.95. The van der Waals surface area contributed by atoms with E-state index in [4.69, 9.17) is 5.11 Å². The number of carbonyl (C=O) groups is 2. The standard InChI is InChI=1S/C8H5N3O4S/c12-6(7(13)14)10-8-9-5(3-16-8)4-1-2-15-11-4/h1-3H,(H,13,14)(H,9,10,12). The lowest BCUT2D eigenvalue weighted by Gasteiger charge is -1.94. The van der Waals surface area contributed by atoms with Gasteiger partial charge in [-0.2, -0.15) is 0 Å². The Balaban J connectivity index is 2.14. The monoisotopic (exact) mass is 239 g/mol. The fourth-order valence-corrected chi connectivity index (χ4v) is 1.64. The number of carboxylic acid groups (broad SMARTS) is 1. The van der Waals surface area contributed by atoms with Gasteiger partial charge >= 0.3 is 11.9 Å². The summed E-state index contributed by atoms with van der Waals surface area (Å²) in [5, 5.41) is 16.0. The molecule has 0 atom stereocenters. The van der Waals surface area contributed by atoms with Crippen molar-refractivity contribution in [3.05, 3.63) is 17.7 Å². The summed E-state index contributed by atoms with van der Waals surface area (Å²) in [7, 11) is 0. The van der Waals surface area contributed by atoms with E-state index in [0.717, 1.165) is 11.3 Å². The number of aromatic nitrogens is 2. The summed E-state index contributed by atoms with van der Waals surface area (Å²) >= 11 is 1.11. The Morgan fingerprint density at radius 1 is 1.44 bits per heavy atom. The molecule has 82 valence electrons. The molecule has 0 saturated heterocycles. The Labute approximate surface area is 92.7 Å². The van der Waals surface area contributed by atoms with Crippen molar-refractivity contribution in [2.45, 2.75) is 0 Å². The zero-order valence-corrected chi connectivity index (χ0v) is 8.52. The number of thiazole rings is 1. The van der Waals surface area contributed by atoms with E-state index in [0.29, 0.717) is 11.4 Å². The van der Waals surface area contributed by atoms with Gasteiger partial charge in [0.15, 0.2) is 5.13 Å². The molecule has 2 rings (SSSR count). The van der Waals surface area contributed by atoms with Crippen LogP contribution in [0.1, 0.15) is 0 Å². The summed E-state index contributed by atoms with van der Waals surface area (Å²) in [4.78, 5) is 25.1. The Morgan fingerprint density at radius 3 is 2.88 bits per heavy atom. The maximum absolute atomic E-state index is 10.8. The zero-order chi connectivity index (χ0) is 11.5. The first kappa shape index (κ1) is 10.3. The Bertz CT molecular complexity index is 519. The molecule has 1 amide bonds. The summed E-state index contributed by atoms with van der Waals surface area (Å²) in [6.45, 7) is 0. The third-order valence-electron chi connectivity index (χ3n) is 1.62. The number of anilines is 1. The number of hydrogen-bond donors (Lipinski definition) is 2. The number of hydrogen-bond acceptors (Lipinski definition) is 6. The number of nitrogens with one attached hydrogen (secondary N) is 1. The summed E-state index contributed by atoms with van der Waals surface area (Å²) in [5.41, 5.74) is 1.03. The van der Waals surface area contributed by atoms with Crippen LogP contribution >= 0.6 is 11.3 Å². The number of aliphatic carboxylic acids is 1. The number of carbonyl (C=O) groups excluding carboxylic acids is 1.